The average Bonchev–Trinajstić information content (AvgIpc) is 3.01. The molecule has 25 heavy (non-hydrogen) atoms. The number of hydrogen-bond acceptors (Lipinski definition) is 4. The van der Waals surface area contributed by atoms with Crippen molar-refractivity contribution in [1.29, 1.82) is 0 Å². The molecule has 1 aromatic carbocycles. The Labute approximate surface area is 145 Å². The maximum Gasteiger partial charge on any atom is 0.318 e. The van der Waals surface area contributed by atoms with Crippen molar-refractivity contribution in [2.24, 2.45) is 0 Å². The number of piperazine rings is 1. The van der Waals surface area contributed by atoms with Crippen LogP contribution in [0.5, 0.6) is 0 Å². The number of aromatic amines is 1. The standard InChI is InChI=1S/C17H23N5O3/c1-11-3-2-4-12-15(11)21-14(20-12)5-7-19-17(25)22-9-8-18-16(24)13(22)6-10-23/h2-4,13,23H,5-10H2,1H3,(H,18,24)(H,19,25)(H,20,21)/t13-/m0/s1. The zero-order chi connectivity index (χ0) is 17.8. The van der Waals surface area contributed by atoms with Crippen LogP contribution in [0, 0.1) is 6.92 Å². The fourth-order valence-corrected chi connectivity index (χ4v) is 3.10. The Morgan fingerprint density at radius 1 is 1.48 bits per heavy atom. The lowest BCUT2D eigenvalue weighted by Crippen LogP contribution is -2.59. The number of aliphatic hydroxyl groups excluding tert-OH is 1. The van der Waals surface area contributed by atoms with E-state index < -0.39 is 6.04 Å². The van der Waals surface area contributed by atoms with Crippen LogP contribution < -0.4 is 10.6 Å². The highest BCUT2D eigenvalue weighted by Crippen LogP contribution is 2.15. The molecular formula is C17H23N5O3. The minimum absolute atomic E-state index is 0.139. The SMILES string of the molecule is Cc1cccc2[nH]c(CCNC(=O)N3CCNC(=O)[C@@H]3CCO)nc12. The van der Waals surface area contributed by atoms with E-state index in [0.717, 1.165) is 22.4 Å². The molecule has 0 radical (unpaired) electrons. The van der Waals surface area contributed by atoms with Gasteiger partial charge in [0.1, 0.15) is 11.9 Å². The van der Waals surface area contributed by atoms with Crippen molar-refractivity contribution in [3.8, 4) is 0 Å². The Morgan fingerprint density at radius 2 is 2.32 bits per heavy atom. The number of urea groups is 1. The number of hydrogen-bond donors (Lipinski definition) is 4. The van der Waals surface area contributed by atoms with E-state index in [-0.39, 0.29) is 25.0 Å². The predicted octanol–water partition coefficient (Wildman–Crippen LogP) is 0.306. The van der Waals surface area contributed by atoms with Crippen molar-refractivity contribution >= 4 is 23.0 Å². The molecule has 1 aromatic heterocycles. The van der Waals surface area contributed by atoms with Gasteiger partial charge in [0.05, 0.1) is 11.0 Å². The molecule has 0 unspecified atom stereocenters. The Hall–Kier alpha value is -2.61. The lowest BCUT2D eigenvalue weighted by atomic mass is 10.1. The first-order chi connectivity index (χ1) is 12.1. The highest BCUT2D eigenvalue weighted by Gasteiger charge is 2.32. The summed E-state index contributed by atoms with van der Waals surface area (Å²) in [5.41, 5.74) is 3.03. The van der Waals surface area contributed by atoms with Gasteiger partial charge in [-0.05, 0) is 25.0 Å². The Kier molecular flexibility index (Phi) is 5.18. The number of amides is 3. The second-order valence-corrected chi connectivity index (χ2v) is 6.15. The number of rotatable bonds is 5. The number of benzene rings is 1. The number of carbonyl (C=O) groups excluding carboxylic acids is 2. The van der Waals surface area contributed by atoms with Gasteiger partial charge in [0.25, 0.3) is 0 Å². The number of aryl methyl sites for hydroxylation is 1. The third-order valence-corrected chi connectivity index (χ3v) is 4.40. The molecule has 1 aliphatic rings. The molecule has 134 valence electrons. The number of nitrogens with one attached hydrogen (secondary N) is 3. The minimum atomic E-state index is -0.618. The van der Waals surface area contributed by atoms with E-state index in [2.05, 4.69) is 20.6 Å². The van der Waals surface area contributed by atoms with Crippen LogP contribution in [0.4, 0.5) is 4.79 Å². The van der Waals surface area contributed by atoms with Crippen molar-refractivity contribution in [2.45, 2.75) is 25.8 Å². The van der Waals surface area contributed by atoms with E-state index in [1.165, 1.54) is 4.90 Å². The molecule has 1 saturated heterocycles. The number of aliphatic hydroxyl groups is 1. The third kappa shape index (κ3) is 3.74. The first-order valence-corrected chi connectivity index (χ1v) is 8.47. The monoisotopic (exact) mass is 345 g/mol. The summed E-state index contributed by atoms with van der Waals surface area (Å²) in [5, 5.41) is 14.7. The number of aromatic nitrogens is 2. The summed E-state index contributed by atoms with van der Waals surface area (Å²) in [5.74, 6) is 0.594. The fraction of sp³-hybridized carbons (Fsp3) is 0.471. The summed E-state index contributed by atoms with van der Waals surface area (Å²) < 4.78 is 0. The van der Waals surface area contributed by atoms with Crippen LogP contribution in [0.15, 0.2) is 18.2 Å². The van der Waals surface area contributed by atoms with E-state index in [1.807, 2.05) is 25.1 Å². The maximum atomic E-state index is 12.4. The molecular weight excluding hydrogens is 322 g/mol. The van der Waals surface area contributed by atoms with Crippen molar-refractivity contribution in [1.82, 2.24) is 25.5 Å². The van der Waals surface area contributed by atoms with E-state index in [4.69, 9.17) is 5.11 Å². The summed E-state index contributed by atoms with van der Waals surface area (Å²) in [6, 6.07) is 5.05. The molecule has 0 aliphatic carbocycles. The van der Waals surface area contributed by atoms with Gasteiger partial charge in [-0.25, -0.2) is 9.78 Å². The molecule has 3 amide bonds. The summed E-state index contributed by atoms with van der Waals surface area (Å²) in [6.07, 6.45) is 0.812. The van der Waals surface area contributed by atoms with Gasteiger partial charge in [0, 0.05) is 32.7 Å². The van der Waals surface area contributed by atoms with Gasteiger partial charge in [0.2, 0.25) is 5.91 Å². The van der Waals surface area contributed by atoms with E-state index in [9.17, 15) is 9.59 Å². The fourth-order valence-electron chi connectivity index (χ4n) is 3.10. The topological polar surface area (TPSA) is 110 Å². The second-order valence-electron chi connectivity index (χ2n) is 6.15. The van der Waals surface area contributed by atoms with Crippen LogP contribution in [0.2, 0.25) is 0 Å². The number of fused-ring (bicyclic) bond motifs is 1. The molecule has 8 heteroatoms. The third-order valence-electron chi connectivity index (χ3n) is 4.40. The van der Waals surface area contributed by atoms with Crippen LogP contribution in [0.1, 0.15) is 17.8 Å². The van der Waals surface area contributed by atoms with Gasteiger partial charge in [-0.2, -0.15) is 0 Å². The summed E-state index contributed by atoms with van der Waals surface area (Å²) in [7, 11) is 0. The molecule has 0 spiro atoms. The normalized spacial score (nSPS) is 17.6. The molecule has 2 heterocycles. The summed E-state index contributed by atoms with van der Waals surface area (Å²) in [6.45, 7) is 3.16. The Balaban J connectivity index is 1.57. The molecule has 1 aliphatic heterocycles. The van der Waals surface area contributed by atoms with E-state index >= 15 is 0 Å². The van der Waals surface area contributed by atoms with Gasteiger partial charge in [-0.3, -0.25) is 4.79 Å². The van der Waals surface area contributed by atoms with Gasteiger partial charge >= 0.3 is 6.03 Å². The van der Waals surface area contributed by atoms with Crippen molar-refractivity contribution in [2.75, 3.05) is 26.2 Å². The Bertz CT molecular complexity index is 773. The van der Waals surface area contributed by atoms with Crippen LogP contribution in [-0.4, -0.2) is 64.2 Å². The minimum Gasteiger partial charge on any atom is -0.396 e. The van der Waals surface area contributed by atoms with Crippen molar-refractivity contribution in [3.63, 3.8) is 0 Å². The largest absolute Gasteiger partial charge is 0.396 e. The quantitative estimate of drug-likeness (QED) is 0.625. The van der Waals surface area contributed by atoms with Crippen LogP contribution in [0.25, 0.3) is 11.0 Å². The van der Waals surface area contributed by atoms with Gasteiger partial charge in [0.15, 0.2) is 0 Å². The smallest absolute Gasteiger partial charge is 0.318 e. The summed E-state index contributed by atoms with van der Waals surface area (Å²) in [4.78, 5) is 33.5. The van der Waals surface area contributed by atoms with Crippen LogP contribution in [0.3, 0.4) is 0 Å². The van der Waals surface area contributed by atoms with Crippen LogP contribution >= 0.6 is 0 Å². The zero-order valence-corrected chi connectivity index (χ0v) is 14.2. The molecule has 0 bridgehead atoms. The first kappa shape index (κ1) is 17.2. The van der Waals surface area contributed by atoms with E-state index in [1.54, 1.807) is 0 Å². The Morgan fingerprint density at radius 3 is 3.08 bits per heavy atom. The number of H-pyrrole nitrogens is 1. The molecule has 0 saturated carbocycles. The zero-order valence-electron chi connectivity index (χ0n) is 14.2. The number of carbonyl (C=O) groups is 2. The molecule has 1 fully saturated rings. The first-order valence-electron chi connectivity index (χ1n) is 8.47. The molecule has 4 N–H and O–H groups in total. The number of nitrogens with zero attached hydrogens (tertiary/aromatic N) is 2. The van der Waals surface area contributed by atoms with Crippen molar-refractivity contribution < 1.29 is 14.7 Å². The number of imidazole rings is 1. The molecule has 8 nitrogen and oxygen atoms in total. The second kappa shape index (κ2) is 7.52. The lowest BCUT2D eigenvalue weighted by molar-refractivity contribution is -0.128. The molecule has 2 aromatic rings. The summed E-state index contributed by atoms with van der Waals surface area (Å²) >= 11 is 0. The van der Waals surface area contributed by atoms with Gasteiger partial charge in [-0.1, -0.05) is 12.1 Å². The lowest BCUT2D eigenvalue weighted by Gasteiger charge is -2.34. The highest BCUT2D eigenvalue weighted by molar-refractivity contribution is 5.88. The molecule has 3 rings (SSSR count). The average molecular weight is 345 g/mol. The highest BCUT2D eigenvalue weighted by atomic mass is 16.3. The van der Waals surface area contributed by atoms with Crippen LogP contribution in [-0.2, 0) is 11.2 Å². The van der Waals surface area contributed by atoms with Gasteiger partial charge in [-0.15, -0.1) is 0 Å². The van der Waals surface area contributed by atoms with E-state index in [0.29, 0.717) is 26.1 Å². The predicted molar refractivity (Wildman–Crippen MR) is 93.1 cm³/mol. The van der Waals surface area contributed by atoms with Gasteiger partial charge < -0.3 is 25.6 Å². The molecule has 1 atom stereocenters. The van der Waals surface area contributed by atoms with Crippen molar-refractivity contribution in [3.05, 3.63) is 29.6 Å². The number of para-hydroxylation sites is 1. The maximum absolute atomic E-state index is 12.4.